The summed E-state index contributed by atoms with van der Waals surface area (Å²) in [6.07, 6.45) is 5.17. The van der Waals surface area contributed by atoms with Gasteiger partial charge in [0.15, 0.2) is 5.82 Å². The number of rotatable bonds is 4. The Balaban J connectivity index is 1.63. The zero-order valence-electron chi connectivity index (χ0n) is 15.4. The molecule has 8 heteroatoms. The number of methoxy groups -OCH3 is 1. The minimum atomic E-state index is -0.453. The number of aromatic nitrogens is 6. The number of benzene rings is 2. The van der Waals surface area contributed by atoms with Crippen molar-refractivity contribution in [2.45, 2.75) is 0 Å². The van der Waals surface area contributed by atoms with Crippen LogP contribution < -0.4 is 4.74 Å². The molecule has 0 bridgehead atoms. The van der Waals surface area contributed by atoms with Gasteiger partial charge in [0.1, 0.15) is 28.3 Å². The molecule has 3 aromatic heterocycles. The van der Waals surface area contributed by atoms with Crippen LogP contribution in [0.5, 0.6) is 5.75 Å². The molecule has 0 saturated heterocycles. The van der Waals surface area contributed by atoms with E-state index in [2.05, 4.69) is 25.3 Å². The third-order valence-electron chi connectivity index (χ3n) is 4.60. The van der Waals surface area contributed by atoms with Crippen LogP contribution in [-0.4, -0.2) is 37.1 Å². The highest BCUT2D eigenvalue weighted by Gasteiger charge is 2.18. The molecule has 3 heterocycles. The Bertz CT molecular complexity index is 1310. The minimum Gasteiger partial charge on any atom is -0.496 e. The number of nitrogens with one attached hydrogen (secondary N) is 1. The number of ether oxygens (including phenoxy) is 1. The van der Waals surface area contributed by atoms with Crippen LogP contribution in [0.1, 0.15) is 0 Å². The van der Waals surface area contributed by atoms with Crippen molar-refractivity contribution in [1.29, 1.82) is 0 Å². The number of hydrogen-bond donors (Lipinski definition) is 1. The van der Waals surface area contributed by atoms with Crippen LogP contribution in [0.15, 0.2) is 67.1 Å². The highest BCUT2D eigenvalue weighted by molar-refractivity contribution is 5.90. The Morgan fingerprint density at radius 2 is 1.90 bits per heavy atom. The third-order valence-corrected chi connectivity index (χ3v) is 4.60. The van der Waals surface area contributed by atoms with Gasteiger partial charge >= 0.3 is 0 Å². The smallest absolute Gasteiger partial charge is 0.166 e. The van der Waals surface area contributed by atoms with E-state index < -0.39 is 5.82 Å². The molecule has 0 atom stereocenters. The first kappa shape index (κ1) is 17.1. The summed E-state index contributed by atoms with van der Waals surface area (Å²) in [7, 11) is 1.48. The molecule has 7 nitrogen and oxygen atoms in total. The van der Waals surface area contributed by atoms with Crippen molar-refractivity contribution >= 4 is 11.0 Å². The fourth-order valence-corrected chi connectivity index (χ4v) is 3.19. The second kappa shape index (κ2) is 6.83. The second-order valence-electron chi connectivity index (χ2n) is 6.35. The molecule has 0 aliphatic heterocycles. The monoisotopic (exact) mass is 386 g/mol. The van der Waals surface area contributed by atoms with E-state index in [0.29, 0.717) is 22.5 Å². The quantitative estimate of drug-likeness (QED) is 0.505. The van der Waals surface area contributed by atoms with Crippen molar-refractivity contribution < 1.29 is 9.13 Å². The Morgan fingerprint density at radius 3 is 2.72 bits per heavy atom. The van der Waals surface area contributed by atoms with E-state index in [1.165, 1.54) is 13.2 Å². The molecule has 0 unspecified atom stereocenters. The molecule has 0 aliphatic rings. The molecule has 5 aromatic rings. The molecule has 5 rings (SSSR count). The standard InChI is InChI=1S/C21H15FN6O/c1-29-17-9-5-8-15(22)18(17)21-23-11-16-20(25-21)19(27-26-16)13-10-24-28(12-13)14-6-3-2-4-7-14/h2-12H,1H3,(H,26,27). The predicted molar refractivity (Wildman–Crippen MR) is 106 cm³/mol. The molecule has 0 radical (unpaired) electrons. The number of nitrogens with zero attached hydrogens (tertiary/aromatic N) is 5. The Labute approximate surface area is 164 Å². The van der Waals surface area contributed by atoms with Gasteiger partial charge in [0.25, 0.3) is 0 Å². The lowest BCUT2D eigenvalue weighted by Gasteiger charge is -2.08. The first-order valence-corrected chi connectivity index (χ1v) is 8.89. The van der Waals surface area contributed by atoms with E-state index >= 15 is 0 Å². The molecule has 1 N–H and O–H groups in total. The molecule has 0 amide bonds. The summed E-state index contributed by atoms with van der Waals surface area (Å²) in [6, 6.07) is 14.4. The number of para-hydroxylation sites is 1. The van der Waals surface area contributed by atoms with E-state index in [1.54, 1.807) is 29.2 Å². The van der Waals surface area contributed by atoms with Gasteiger partial charge in [-0.15, -0.1) is 0 Å². The van der Waals surface area contributed by atoms with Crippen molar-refractivity contribution in [1.82, 2.24) is 29.9 Å². The van der Waals surface area contributed by atoms with Crippen LogP contribution in [0.25, 0.3) is 39.4 Å². The highest BCUT2D eigenvalue weighted by atomic mass is 19.1. The van der Waals surface area contributed by atoms with Crippen LogP contribution in [-0.2, 0) is 0 Å². The number of H-pyrrole nitrogens is 1. The highest BCUT2D eigenvalue weighted by Crippen LogP contribution is 2.32. The van der Waals surface area contributed by atoms with Crippen molar-refractivity contribution in [3.63, 3.8) is 0 Å². The summed E-state index contributed by atoms with van der Waals surface area (Å²) < 4.78 is 21.5. The molecule has 0 saturated carbocycles. The van der Waals surface area contributed by atoms with Gasteiger partial charge in [0.2, 0.25) is 0 Å². The van der Waals surface area contributed by atoms with E-state index in [4.69, 9.17) is 4.74 Å². The molecule has 0 aliphatic carbocycles. The van der Waals surface area contributed by atoms with Crippen LogP contribution in [0.2, 0.25) is 0 Å². The maximum absolute atomic E-state index is 14.5. The van der Waals surface area contributed by atoms with Crippen molar-refractivity contribution in [3.05, 3.63) is 72.9 Å². The molecule has 2 aromatic carbocycles. The van der Waals surface area contributed by atoms with Gasteiger partial charge in [-0.25, -0.2) is 19.0 Å². The van der Waals surface area contributed by atoms with Crippen molar-refractivity contribution in [2.75, 3.05) is 7.11 Å². The van der Waals surface area contributed by atoms with Crippen LogP contribution in [0.4, 0.5) is 4.39 Å². The average Bonchev–Trinajstić information content (AvgIpc) is 3.40. The molecule has 29 heavy (non-hydrogen) atoms. The zero-order chi connectivity index (χ0) is 19.8. The lowest BCUT2D eigenvalue weighted by molar-refractivity contribution is 0.413. The molecule has 0 fully saturated rings. The number of halogens is 1. The summed E-state index contributed by atoms with van der Waals surface area (Å²) in [6.45, 7) is 0. The zero-order valence-corrected chi connectivity index (χ0v) is 15.4. The SMILES string of the molecule is COc1cccc(F)c1-c1ncc2[nH]nc(-c3cnn(-c4ccccc4)c3)c2n1. The minimum absolute atomic E-state index is 0.212. The van der Waals surface area contributed by atoms with Crippen LogP contribution in [0.3, 0.4) is 0 Å². The van der Waals surface area contributed by atoms with Crippen LogP contribution in [0, 0.1) is 5.82 Å². The number of aromatic amines is 1. The van der Waals surface area contributed by atoms with Crippen molar-refractivity contribution in [2.24, 2.45) is 0 Å². The molecular weight excluding hydrogens is 371 g/mol. The van der Waals surface area contributed by atoms with Gasteiger partial charge in [-0.2, -0.15) is 10.2 Å². The van der Waals surface area contributed by atoms with E-state index in [9.17, 15) is 4.39 Å². The predicted octanol–water partition coefficient (Wildman–Crippen LogP) is 4.02. The van der Waals surface area contributed by atoms with E-state index in [0.717, 1.165) is 11.3 Å². The topological polar surface area (TPSA) is 81.5 Å². The summed E-state index contributed by atoms with van der Waals surface area (Å²) in [5, 5.41) is 11.7. The normalized spacial score (nSPS) is 11.1. The summed E-state index contributed by atoms with van der Waals surface area (Å²) in [5.41, 5.74) is 3.76. The fourth-order valence-electron chi connectivity index (χ4n) is 3.19. The first-order chi connectivity index (χ1) is 14.2. The van der Waals surface area contributed by atoms with Crippen LogP contribution >= 0.6 is 0 Å². The Morgan fingerprint density at radius 1 is 1.03 bits per heavy atom. The van der Waals surface area contributed by atoms with Gasteiger partial charge in [-0.1, -0.05) is 24.3 Å². The fraction of sp³-hybridized carbons (Fsp3) is 0.0476. The maximum atomic E-state index is 14.5. The number of fused-ring (bicyclic) bond motifs is 1. The lowest BCUT2D eigenvalue weighted by Crippen LogP contribution is -1.96. The third kappa shape index (κ3) is 2.91. The second-order valence-corrected chi connectivity index (χ2v) is 6.35. The van der Waals surface area contributed by atoms with Gasteiger partial charge < -0.3 is 4.74 Å². The lowest BCUT2D eigenvalue weighted by atomic mass is 10.1. The molecular formula is C21H15FN6O. The number of hydrogen-bond acceptors (Lipinski definition) is 5. The summed E-state index contributed by atoms with van der Waals surface area (Å²) in [4.78, 5) is 8.85. The maximum Gasteiger partial charge on any atom is 0.166 e. The average molecular weight is 386 g/mol. The Hall–Kier alpha value is -4.07. The first-order valence-electron chi connectivity index (χ1n) is 8.89. The van der Waals surface area contributed by atoms with Gasteiger partial charge in [-0.3, -0.25) is 5.10 Å². The van der Waals surface area contributed by atoms with E-state index in [1.807, 2.05) is 36.5 Å². The van der Waals surface area contributed by atoms with Gasteiger partial charge in [0.05, 0.1) is 30.8 Å². The summed E-state index contributed by atoms with van der Waals surface area (Å²) in [5.74, 6) is 0.141. The summed E-state index contributed by atoms with van der Waals surface area (Å²) >= 11 is 0. The Kier molecular flexibility index (Phi) is 4.02. The largest absolute Gasteiger partial charge is 0.496 e. The van der Waals surface area contributed by atoms with Gasteiger partial charge in [0, 0.05) is 11.8 Å². The van der Waals surface area contributed by atoms with Crippen molar-refractivity contribution in [3.8, 4) is 34.1 Å². The van der Waals surface area contributed by atoms with Gasteiger partial charge in [-0.05, 0) is 24.3 Å². The van der Waals surface area contributed by atoms with E-state index in [-0.39, 0.29) is 11.4 Å². The molecule has 0 spiro atoms. The molecule has 142 valence electrons.